The Morgan fingerprint density at radius 1 is 1.09 bits per heavy atom. The molecule has 2 aromatic carbocycles. The third kappa shape index (κ3) is 6.50. The fourth-order valence-corrected chi connectivity index (χ4v) is 3.83. The summed E-state index contributed by atoms with van der Waals surface area (Å²) in [6.07, 6.45) is 3.57. The van der Waals surface area contributed by atoms with Gasteiger partial charge in [-0.05, 0) is 53.9 Å². The van der Waals surface area contributed by atoms with Crippen LogP contribution in [0.3, 0.4) is 0 Å². The first-order valence-corrected chi connectivity index (χ1v) is 11.8. The molecular weight excluding hydrogens is 440 g/mol. The van der Waals surface area contributed by atoms with Crippen molar-refractivity contribution < 1.29 is 14.3 Å². The van der Waals surface area contributed by atoms with Crippen LogP contribution in [0.4, 0.5) is 5.69 Å². The standard InChI is InChI=1S/C28H30N4O3/c1-3-11-32(12-4-2)25-8-7-21-13-23(6-5-22(21)14-25)27-10-9-26(35-27)15-24(17-30)28(34)31-18-20(16-29)19-33/h5-10,13-15,20,33H,3-4,11-12,18-19H2,1-2H3,(H,31,34)/b24-15+. The second-order valence-electron chi connectivity index (χ2n) is 8.32. The van der Waals surface area contributed by atoms with Crippen LogP contribution < -0.4 is 10.2 Å². The van der Waals surface area contributed by atoms with E-state index in [-0.39, 0.29) is 18.7 Å². The topological polar surface area (TPSA) is 113 Å². The Bertz CT molecular complexity index is 1270. The van der Waals surface area contributed by atoms with Crippen molar-refractivity contribution >= 4 is 28.4 Å². The summed E-state index contributed by atoms with van der Waals surface area (Å²) in [6.45, 7) is 6.03. The Morgan fingerprint density at radius 2 is 1.80 bits per heavy atom. The number of aliphatic hydroxyl groups is 1. The Labute approximate surface area is 205 Å². The van der Waals surface area contributed by atoms with Gasteiger partial charge in [-0.3, -0.25) is 4.79 Å². The van der Waals surface area contributed by atoms with Crippen LogP contribution in [0.5, 0.6) is 0 Å². The van der Waals surface area contributed by atoms with Gasteiger partial charge < -0.3 is 19.7 Å². The fourth-order valence-electron chi connectivity index (χ4n) is 3.83. The van der Waals surface area contributed by atoms with Gasteiger partial charge in [0.05, 0.1) is 18.6 Å². The molecule has 0 saturated heterocycles. The quantitative estimate of drug-likeness (QED) is 0.305. The lowest BCUT2D eigenvalue weighted by molar-refractivity contribution is -0.117. The average Bonchev–Trinajstić information content (AvgIpc) is 3.35. The van der Waals surface area contributed by atoms with Gasteiger partial charge in [-0.1, -0.05) is 32.0 Å². The number of benzene rings is 2. The molecule has 0 aliphatic rings. The molecule has 0 bridgehead atoms. The van der Waals surface area contributed by atoms with Gasteiger partial charge in [0.2, 0.25) is 0 Å². The van der Waals surface area contributed by atoms with E-state index in [4.69, 9.17) is 14.8 Å². The second-order valence-corrected chi connectivity index (χ2v) is 8.32. The third-order valence-electron chi connectivity index (χ3n) is 5.65. The van der Waals surface area contributed by atoms with E-state index in [0.29, 0.717) is 11.5 Å². The van der Waals surface area contributed by atoms with Gasteiger partial charge in [0.25, 0.3) is 5.91 Å². The zero-order chi connectivity index (χ0) is 25.2. The summed E-state index contributed by atoms with van der Waals surface area (Å²) in [5, 5.41) is 32.0. The predicted molar refractivity (Wildman–Crippen MR) is 137 cm³/mol. The van der Waals surface area contributed by atoms with E-state index < -0.39 is 11.8 Å². The van der Waals surface area contributed by atoms with Crippen LogP contribution >= 0.6 is 0 Å². The highest BCUT2D eigenvalue weighted by Crippen LogP contribution is 2.29. The van der Waals surface area contributed by atoms with Gasteiger partial charge in [0.1, 0.15) is 23.2 Å². The van der Waals surface area contributed by atoms with Gasteiger partial charge in [0, 0.05) is 37.0 Å². The predicted octanol–water partition coefficient (Wildman–Crippen LogP) is 4.88. The molecule has 1 atom stereocenters. The van der Waals surface area contributed by atoms with Crippen LogP contribution in [-0.4, -0.2) is 37.3 Å². The highest BCUT2D eigenvalue weighted by Gasteiger charge is 2.14. The summed E-state index contributed by atoms with van der Waals surface area (Å²) in [7, 11) is 0. The van der Waals surface area contributed by atoms with Gasteiger partial charge in [0.15, 0.2) is 0 Å². The van der Waals surface area contributed by atoms with Crippen LogP contribution in [0, 0.1) is 28.6 Å². The van der Waals surface area contributed by atoms with E-state index in [1.165, 1.54) is 11.8 Å². The SMILES string of the molecule is CCCN(CCC)c1ccc2cc(-c3ccc(/C=C(\C#N)C(=O)NCC(C#N)CO)o3)ccc2c1. The molecule has 0 fully saturated rings. The molecule has 1 heterocycles. The molecule has 1 aromatic heterocycles. The number of anilines is 1. The molecule has 0 aliphatic carbocycles. The van der Waals surface area contributed by atoms with Crippen LogP contribution in [0.25, 0.3) is 28.2 Å². The number of carbonyl (C=O) groups excluding carboxylic acids is 1. The maximum absolute atomic E-state index is 12.3. The van der Waals surface area contributed by atoms with Crippen molar-refractivity contribution in [1.82, 2.24) is 5.32 Å². The minimum atomic E-state index is -0.723. The third-order valence-corrected chi connectivity index (χ3v) is 5.65. The summed E-state index contributed by atoms with van der Waals surface area (Å²) < 4.78 is 5.89. The molecule has 0 aliphatic heterocycles. The van der Waals surface area contributed by atoms with Crippen molar-refractivity contribution in [3.05, 3.63) is 59.9 Å². The highest BCUT2D eigenvalue weighted by atomic mass is 16.3. The van der Waals surface area contributed by atoms with Crippen LogP contribution in [0.2, 0.25) is 0 Å². The maximum atomic E-state index is 12.3. The Kier molecular flexibility index (Phi) is 9.06. The molecule has 1 amide bonds. The Balaban J connectivity index is 1.79. The first kappa shape index (κ1) is 25.6. The minimum Gasteiger partial charge on any atom is -0.457 e. The van der Waals surface area contributed by atoms with E-state index in [1.807, 2.05) is 18.2 Å². The number of nitrogens with one attached hydrogen (secondary N) is 1. The molecule has 2 N–H and O–H groups in total. The Morgan fingerprint density at radius 3 is 2.46 bits per heavy atom. The molecule has 180 valence electrons. The molecule has 3 aromatic rings. The number of carbonyl (C=O) groups is 1. The number of amides is 1. The monoisotopic (exact) mass is 470 g/mol. The summed E-state index contributed by atoms with van der Waals surface area (Å²) in [6, 6.07) is 19.9. The molecule has 7 heteroatoms. The van der Waals surface area contributed by atoms with Crippen molar-refractivity contribution in [3.8, 4) is 23.5 Å². The molecule has 3 rings (SSSR count). The largest absolute Gasteiger partial charge is 0.457 e. The van der Waals surface area contributed by atoms with Crippen molar-refractivity contribution in [2.24, 2.45) is 5.92 Å². The smallest absolute Gasteiger partial charge is 0.262 e. The van der Waals surface area contributed by atoms with E-state index in [0.717, 1.165) is 42.3 Å². The number of hydrogen-bond acceptors (Lipinski definition) is 6. The number of aliphatic hydroxyl groups excluding tert-OH is 1. The molecule has 0 spiro atoms. The zero-order valence-corrected chi connectivity index (χ0v) is 20.1. The molecule has 35 heavy (non-hydrogen) atoms. The lowest BCUT2D eigenvalue weighted by atomic mass is 10.0. The van der Waals surface area contributed by atoms with E-state index >= 15 is 0 Å². The first-order valence-electron chi connectivity index (χ1n) is 11.8. The summed E-state index contributed by atoms with van der Waals surface area (Å²) in [5.74, 6) is -0.348. The number of fused-ring (bicyclic) bond motifs is 1. The fraction of sp³-hybridized carbons (Fsp3) is 0.321. The Hall–Kier alpha value is -4.07. The second kappa shape index (κ2) is 12.4. The number of hydrogen-bond donors (Lipinski definition) is 2. The van der Waals surface area contributed by atoms with Crippen molar-refractivity contribution in [2.45, 2.75) is 26.7 Å². The molecular formula is C28H30N4O3. The zero-order valence-electron chi connectivity index (χ0n) is 20.1. The summed E-state index contributed by atoms with van der Waals surface area (Å²) >= 11 is 0. The van der Waals surface area contributed by atoms with E-state index in [1.54, 1.807) is 12.1 Å². The molecule has 0 saturated carbocycles. The van der Waals surface area contributed by atoms with Crippen molar-refractivity contribution in [3.63, 3.8) is 0 Å². The minimum absolute atomic E-state index is 0.0400. The van der Waals surface area contributed by atoms with Gasteiger partial charge >= 0.3 is 0 Å². The lowest BCUT2D eigenvalue weighted by Crippen LogP contribution is -2.30. The highest BCUT2D eigenvalue weighted by molar-refractivity contribution is 6.01. The van der Waals surface area contributed by atoms with E-state index in [9.17, 15) is 10.1 Å². The average molecular weight is 471 g/mol. The lowest BCUT2D eigenvalue weighted by Gasteiger charge is -2.24. The molecule has 0 radical (unpaired) electrons. The van der Waals surface area contributed by atoms with Crippen molar-refractivity contribution in [1.29, 1.82) is 10.5 Å². The number of nitrogens with zero attached hydrogens (tertiary/aromatic N) is 3. The van der Waals surface area contributed by atoms with Crippen LogP contribution in [0.1, 0.15) is 32.4 Å². The van der Waals surface area contributed by atoms with Gasteiger partial charge in [-0.15, -0.1) is 0 Å². The first-order chi connectivity index (χ1) is 17.0. The number of furan rings is 1. The molecule has 7 nitrogen and oxygen atoms in total. The van der Waals surface area contributed by atoms with Gasteiger partial charge in [-0.2, -0.15) is 10.5 Å². The van der Waals surface area contributed by atoms with Crippen molar-refractivity contribution in [2.75, 3.05) is 31.1 Å². The van der Waals surface area contributed by atoms with E-state index in [2.05, 4.69) is 54.4 Å². The summed E-state index contributed by atoms with van der Waals surface area (Å²) in [4.78, 5) is 14.7. The summed E-state index contributed by atoms with van der Waals surface area (Å²) in [5.41, 5.74) is 1.98. The number of rotatable bonds is 11. The van der Waals surface area contributed by atoms with Crippen LogP contribution in [0.15, 0.2) is 58.5 Å². The normalized spacial score (nSPS) is 12.1. The molecule has 1 unspecified atom stereocenters. The van der Waals surface area contributed by atoms with Crippen LogP contribution in [-0.2, 0) is 4.79 Å². The number of nitriles is 2. The maximum Gasteiger partial charge on any atom is 0.262 e. The van der Waals surface area contributed by atoms with Gasteiger partial charge in [-0.25, -0.2) is 0 Å².